The van der Waals surface area contributed by atoms with E-state index < -0.39 is 0 Å². The van der Waals surface area contributed by atoms with Crippen LogP contribution in [0.3, 0.4) is 0 Å². The highest BCUT2D eigenvalue weighted by Crippen LogP contribution is 2.29. The smallest absolute Gasteiger partial charge is 0.126 e. The highest BCUT2D eigenvalue weighted by atomic mass is 32.2. The molecular weight excluding hydrogens is 228 g/mol. The predicted molar refractivity (Wildman–Crippen MR) is 74.7 cm³/mol. The van der Waals surface area contributed by atoms with E-state index >= 15 is 0 Å². The van der Waals surface area contributed by atoms with Crippen molar-refractivity contribution in [3.8, 4) is 0 Å². The van der Waals surface area contributed by atoms with Crippen LogP contribution in [-0.4, -0.2) is 17.8 Å². The lowest BCUT2D eigenvalue weighted by molar-refractivity contribution is 0.884. The largest absolute Gasteiger partial charge is 0.370 e. The lowest BCUT2D eigenvalue weighted by atomic mass is 10.2. The van der Waals surface area contributed by atoms with E-state index in [-0.39, 0.29) is 0 Å². The number of nitrogens with zero attached hydrogens (tertiary/aromatic N) is 1. The summed E-state index contributed by atoms with van der Waals surface area (Å²) in [7, 11) is 0. The van der Waals surface area contributed by atoms with Crippen molar-refractivity contribution in [1.29, 1.82) is 0 Å². The Labute approximate surface area is 106 Å². The Bertz CT molecular complexity index is 535. The average Bonchev–Trinajstić information content (AvgIpc) is 3.19. The number of nitrogens with one attached hydrogen (secondary N) is 1. The van der Waals surface area contributed by atoms with Crippen LogP contribution in [0.25, 0.3) is 10.9 Å². The van der Waals surface area contributed by atoms with Crippen molar-refractivity contribution >= 4 is 28.5 Å². The molecule has 1 aliphatic carbocycles. The molecule has 3 rings (SSSR count). The summed E-state index contributed by atoms with van der Waals surface area (Å²) in [5.74, 6) is 1.88. The van der Waals surface area contributed by atoms with E-state index in [0.29, 0.717) is 0 Å². The molecule has 1 fully saturated rings. The molecule has 1 aromatic heterocycles. The Morgan fingerprint density at radius 3 is 2.88 bits per heavy atom. The fourth-order valence-electron chi connectivity index (χ4n) is 1.89. The van der Waals surface area contributed by atoms with Gasteiger partial charge in [0.2, 0.25) is 0 Å². The fourth-order valence-corrected chi connectivity index (χ4v) is 2.33. The summed E-state index contributed by atoms with van der Waals surface area (Å²) in [5, 5.41) is 4.63. The Balaban J connectivity index is 1.86. The zero-order chi connectivity index (χ0) is 11.7. The van der Waals surface area contributed by atoms with Crippen LogP contribution in [0.4, 0.5) is 5.82 Å². The van der Waals surface area contributed by atoms with Gasteiger partial charge >= 0.3 is 0 Å². The summed E-state index contributed by atoms with van der Waals surface area (Å²) in [5.41, 5.74) is 1.08. The van der Waals surface area contributed by atoms with Crippen LogP contribution in [0, 0.1) is 5.92 Å². The molecule has 0 atom stereocenters. The monoisotopic (exact) mass is 244 g/mol. The van der Waals surface area contributed by atoms with E-state index in [2.05, 4.69) is 46.9 Å². The van der Waals surface area contributed by atoms with Gasteiger partial charge in [-0.15, -0.1) is 11.8 Å². The maximum atomic E-state index is 4.66. The number of hydrogen-bond donors (Lipinski definition) is 1. The lowest BCUT2D eigenvalue weighted by Crippen LogP contribution is -2.04. The van der Waals surface area contributed by atoms with E-state index in [9.17, 15) is 0 Å². The summed E-state index contributed by atoms with van der Waals surface area (Å²) >= 11 is 1.76. The van der Waals surface area contributed by atoms with Gasteiger partial charge in [0.25, 0.3) is 0 Å². The molecule has 1 heterocycles. The summed E-state index contributed by atoms with van der Waals surface area (Å²) < 4.78 is 0. The van der Waals surface area contributed by atoms with Crippen molar-refractivity contribution in [3.05, 3.63) is 30.3 Å². The summed E-state index contributed by atoms with van der Waals surface area (Å²) in [6.45, 7) is 1.07. The number of thioether (sulfide) groups is 1. The van der Waals surface area contributed by atoms with Gasteiger partial charge in [-0.1, -0.05) is 6.07 Å². The van der Waals surface area contributed by atoms with Gasteiger partial charge in [-0.2, -0.15) is 0 Å². The minimum absolute atomic E-state index is 0.880. The molecule has 0 saturated heterocycles. The van der Waals surface area contributed by atoms with Crippen molar-refractivity contribution in [1.82, 2.24) is 4.98 Å². The van der Waals surface area contributed by atoms with Crippen LogP contribution in [0.15, 0.2) is 35.2 Å². The number of aromatic nitrogens is 1. The number of hydrogen-bond acceptors (Lipinski definition) is 3. The maximum Gasteiger partial charge on any atom is 0.126 e. The van der Waals surface area contributed by atoms with Crippen LogP contribution in [0.5, 0.6) is 0 Å². The molecule has 0 bridgehead atoms. The Hall–Kier alpha value is -1.22. The average molecular weight is 244 g/mol. The van der Waals surface area contributed by atoms with Crippen molar-refractivity contribution in [3.63, 3.8) is 0 Å². The highest BCUT2D eigenvalue weighted by molar-refractivity contribution is 7.98. The van der Waals surface area contributed by atoms with Gasteiger partial charge in [-0.25, -0.2) is 4.98 Å². The normalized spacial score (nSPS) is 15.1. The fraction of sp³-hybridized carbons (Fsp3) is 0.357. The molecule has 3 heteroatoms. The zero-order valence-corrected chi connectivity index (χ0v) is 10.8. The van der Waals surface area contributed by atoms with Crippen LogP contribution >= 0.6 is 11.8 Å². The predicted octanol–water partition coefficient (Wildman–Crippen LogP) is 3.78. The van der Waals surface area contributed by atoms with Gasteiger partial charge in [0.05, 0.1) is 5.52 Å². The number of benzene rings is 1. The minimum Gasteiger partial charge on any atom is -0.370 e. The Morgan fingerprint density at radius 2 is 2.12 bits per heavy atom. The third-order valence-corrected chi connectivity index (χ3v) is 3.89. The molecule has 88 valence electrons. The van der Waals surface area contributed by atoms with E-state index in [1.807, 2.05) is 0 Å². The molecule has 0 spiro atoms. The molecular formula is C14H16N2S. The second kappa shape index (κ2) is 4.57. The van der Waals surface area contributed by atoms with E-state index in [4.69, 9.17) is 0 Å². The Kier molecular flexibility index (Phi) is 2.93. The standard InChI is InChI=1S/C14H16N2S/c1-17-12-6-4-11-5-7-14(16-13(11)8-12)15-9-10-2-3-10/h4-8,10H,2-3,9H2,1H3,(H,15,16). The number of pyridine rings is 1. The van der Waals surface area contributed by atoms with Crippen LogP contribution in [-0.2, 0) is 0 Å². The van der Waals surface area contributed by atoms with Gasteiger partial charge in [0.15, 0.2) is 0 Å². The van der Waals surface area contributed by atoms with Gasteiger partial charge in [-0.05, 0) is 49.3 Å². The molecule has 1 aliphatic rings. The van der Waals surface area contributed by atoms with E-state index in [0.717, 1.165) is 23.8 Å². The first-order valence-electron chi connectivity index (χ1n) is 6.04. The quantitative estimate of drug-likeness (QED) is 0.829. The number of anilines is 1. The molecule has 0 unspecified atom stereocenters. The molecule has 0 amide bonds. The second-order valence-corrected chi connectivity index (χ2v) is 5.46. The van der Waals surface area contributed by atoms with Crippen LogP contribution < -0.4 is 5.32 Å². The molecule has 17 heavy (non-hydrogen) atoms. The first-order chi connectivity index (χ1) is 8.35. The van der Waals surface area contributed by atoms with Crippen LogP contribution in [0.1, 0.15) is 12.8 Å². The number of rotatable bonds is 4. The van der Waals surface area contributed by atoms with Crippen molar-refractivity contribution in [2.24, 2.45) is 5.92 Å². The second-order valence-electron chi connectivity index (χ2n) is 4.58. The SMILES string of the molecule is CSc1ccc2ccc(NCC3CC3)nc2c1. The van der Waals surface area contributed by atoms with Crippen molar-refractivity contribution in [2.75, 3.05) is 18.1 Å². The van der Waals surface area contributed by atoms with Gasteiger partial charge in [-0.3, -0.25) is 0 Å². The third-order valence-electron chi connectivity index (χ3n) is 3.17. The van der Waals surface area contributed by atoms with Gasteiger partial charge in [0.1, 0.15) is 5.82 Å². The van der Waals surface area contributed by atoms with Gasteiger partial charge in [0, 0.05) is 16.8 Å². The first kappa shape index (κ1) is 10.9. The zero-order valence-electron chi connectivity index (χ0n) is 9.94. The van der Waals surface area contributed by atoms with E-state index in [1.54, 1.807) is 11.8 Å². The number of fused-ring (bicyclic) bond motifs is 1. The Morgan fingerprint density at radius 1 is 1.29 bits per heavy atom. The lowest BCUT2D eigenvalue weighted by Gasteiger charge is -2.06. The summed E-state index contributed by atoms with van der Waals surface area (Å²) in [6, 6.07) is 10.7. The van der Waals surface area contributed by atoms with Crippen molar-refractivity contribution in [2.45, 2.75) is 17.7 Å². The molecule has 2 nitrogen and oxygen atoms in total. The minimum atomic E-state index is 0.880. The summed E-state index contributed by atoms with van der Waals surface area (Å²) in [6.07, 6.45) is 4.84. The van der Waals surface area contributed by atoms with Crippen molar-refractivity contribution < 1.29 is 0 Å². The topological polar surface area (TPSA) is 24.9 Å². The van der Waals surface area contributed by atoms with Crippen LogP contribution in [0.2, 0.25) is 0 Å². The highest BCUT2D eigenvalue weighted by Gasteiger charge is 2.20. The van der Waals surface area contributed by atoms with Gasteiger partial charge < -0.3 is 5.32 Å². The molecule has 2 aromatic rings. The molecule has 1 N–H and O–H groups in total. The van der Waals surface area contributed by atoms with E-state index in [1.165, 1.54) is 23.1 Å². The molecule has 0 aliphatic heterocycles. The molecule has 1 aromatic carbocycles. The maximum absolute atomic E-state index is 4.66. The molecule has 1 saturated carbocycles. The first-order valence-corrected chi connectivity index (χ1v) is 7.26. The summed E-state index contributed by atoms with van der Waals surface area (Å²) in [4.78, 5) is 5.93. The molecule has 0 radical (unpaired) electrons. The third kappa shape index (κ3) is 2.55.